The Morgan fingerprint density at radius 2 is 1.71 bits per heavy atom. The molecule has 2 aromatic rings. The molecule has 0 spiro atoms. The van der Waals surface area contributed by atoms with E-state index in [2.05, 4.69) is 31.2 Å². The average Bonchev–Trinajstić information content (AvgIpc) is 2.34. The Morgan fingerprint density at radius 1 is 1.05 bits per heavy atom. The molecule has 0 bridgehead atoms. The zero-order valence-electron chi connectivity index (χ0n) is 9.97. The maximum absolute atomic E-state index is 13.5. The highest BCUT2D eigenvalue weighted by molar-refractivity contribution is 9.10. The molecule has 1 heterocycles. The first-order valence-corrected chi connectivity index (χ1v) is 6.09. The standard InChI is InChI=1S/C11H6BrF5N4/c12-4-1-7(6(14)2-5(4)13)19-9-3-8(11(15,16)17)20-10(18)21-9/h1-3H,(H3,18,19,20,21). The van der Waals surface area contributed by atoms with E-state index in [4.69, 9.17) is 5.73 Å². The van der Waals surface area contributed by atoms with E-state index in [-0.39, 0.29) is 16.0 Å². The number of hydrogen-bond donors (Lipinski definition) is 2. The highest BCUT2D eigenvalue weighted by atomic mass is 79.9. The van der Waals surface area contributed by atoms with E-state index in [0.717, 1.165) is 6.07 Å². The van der Waals surface area contributed by atoms with Crippen LogP contribution in [0.2, 0.25) is 0 Å². The number of aromatic nitrogens is 2. The number of benzene rings is 1. The highest BCUT2D eigenvalue weighted by Gasteiger charge is 2.33. The first-order valence-electron chi connectivity index (χ1n) is 5.30. The number of nitrogens with one attached hydrogen (secondary N) is 1. The fourth-order valence-electron chi connectivity index (χ4n) is 1.43. The topological polar surface area (TPSA) is 63.8 Å². The fraction of sp³-hybridized carbons (Fsp3) is 0.0909. The molecule has 0 saturated heterocycles. The van der Waals surface area contributed by atoms with Crippen molar-refractivity contribution in [3.8, 4) is 0 Å². The fourth-order valence-corrected chi connectivity index (χ4v) is 1.77. The van der Waals surface area contributed by atoms with Gasteiger partial charge in [0.05, 0.1) is 10.2 Å². The van der Waals surface area contributed by atoms with Gasteiger partial charge in [-0.15, -0.1) is 0 Å². The second-order valence-electron chi connectivity index (χ2n) is 3.87. The van der Waals surface area contributed by atoms with Crippen LogP contribution >= 0.6 is 15.9 Å². The van der Waals surface area contributed by atoms with Gasteiger partial charge in [0.1, 0.15) is 17.5 Å². The van der Waals surface area contributed by atoms with E-state index >= 15 is 0 Å². The summed E-state index contributed by atoms with van der Waals surface area (Å²) in [6.07, 6.45) is -4.73. The molecule has 0 atom stereocenters. The van der Waals surface area contributed by atoms with Crippen LogP contribution in [0, 0.1) is 11.6 Å². The SMILES string of the molecule is Nc1nc(Nc2cc(Br)c(F)cc2F)cc(C(F)(F)F)n1. The van der Waals surface area contributed by atoms with Crippen molar-refractivity contribution in [1.29, 1.82) is 0 Å². The van der Waals surface area contributed by atoms with Gasteiger partial charge in [0, 0.05) is 12.1 Å². The average molecular weight is 369 g/mol. The Kier molecular flexibility index (Phi) is 3.99. The lowest BCUT2D eigenvalue weighted by atomic mass is 10.3. The Hall–Kier alpha value is -1.97. The summed E-state index contributed by atoms with van der Waals surface area (Å²) >= 11 is 2.84. The molecular formula is C11H6BrF5N4. The lowest BCUT2D eigenvalue weighted by molar-refractivity contribution is -0.141. The van der Waals surface area contributed by atoms with Crippen LogP contribution in [0.4, 0.5) is 39.4 Å². The molecule has 4 nitrogen and oxygen atoms in total. The van der Waals surface area contributed by atoms with Gasteiger partial charge in [-0.25, -0.2) is 13.8 Å². The van der Waals surface area contributed by atoms with Crippen molar-refractivity contribution in [3.05, 3.63) is 40.0 Å². The summed E-state index contributed by atoms with van der Waals surface area (Å²) in [7, 11) is 0. The van der Waals surface area contributed by atoms with Crippen molar-refractivity contribution >= 4 is 33.4 Å². The first-order chi connectivity index (χ1) is 9.66. The largest absolute Gasteiger partial charge is 0.433 e. The van der Waals surface area contributed by atoms with Crippen molar-refractivity contribution in [3.63, 3.8) is 0 Å². The van der Waals surface area contributed by atoms with Crippen LogP contribution in [0.3, 0.4) is 0 Å². The van der Waals surface area contributed by atoms with Crippen molar-refractivity contribution in [1.82, 2.24) is 9.97 Å². The van der Waals surface area contributed by atoms with Crippen molar-refractivity contribution in [2.45, 2.75) is 6.18 Å². The van der Waals surface area contributed by atoms with Gasteiger partial charge in [0.25, 0.3) is 0 Å². The summed E-state index contributed by atoms with van der Waals surface area (Å²) in [6, 6.07) is 2.16. The van der Waals surface area contributed by atoms with E-state index < -0.39 is 29.5 Å². The van der Waals surface area contributed by atoms with Crippen LogP contribution in [-0.4, -0.2) is 9.97 Å². The number of nitrogens with zero attached hydrogens (tertiary/aromatic N) is 2. The van der Waals surface area contributed by atoms with Crippen LogP contribution in [0.25, 0.3) is 0 Å². The summed E-state index contributed by atoms with van der Waals surface area (Å²) in [5.74, 6) is -2.85. The first kappa shape index (κ1) is 15.4. The molecule has 0 radical (unpaired) electrons. The second-order valence-corrected chi connectivity index (χ2v) is 4.72. The minimum absolute atomic E-state index is 0.0653. The third kappa shape index (κ3) is 3.57. The quantitative estimate of drug-likeness (QED) is 0.624. The summed E-state index contributed by atoms with van der Waals surface area (Å²) in [4.78, 5) is 6.56. The summed E-state index contributed by atoms with van der Waals surface area (Å²) in [5, 5.41) is 2.29. The summed E-state index contributed by atoms with van der Waals surface area (Å²) in [5.41, 5.74) is 3.63. The van der Waals surface area contributed by atoms with Gasteiger partial charge in [-0.2, -0.15) is 18.2 Å². The van der Waals surface area contributed by atoms with E-state index in [9.17, 15) is 22.0 Å². The van der Waals surface area contributed by atoms with Gasteiger partial charge in [0.15, 0.2) is 5.69 Å². The molecule has 0 unspecified atom stereocenters. The van der Waals surface area contributed by atoms with Gasteiger partial charge < -0.3 is 11.1 Å². The van der Waals surface area contributed by atoms with Gasteiger partial charge in [-0.05, 0) is 22.0 Å². The smallest absolute Gasteiger partial charge is 0.368 e. The van der Waals surface area contributed by atoms with E-state index in [0.29, 0.717) is 12.1 Å². The van der Waals surface area contributed by atoms with E-state index in [1.165, 1.54) is 0 Å². The predicted octanol–water partition coefficient (Wildman–Crippen LogP) is 3.86. The summed E-state index contributed by atoms with van der Waals surface area (Å²) < 4.78 is 64.3. The van der Waals surface area contributed by atoms with Gasteiger partial charge in [-0.1, -0.05) is 0 Å². The Morgan fingerprint density at radius 3 is 2.33 bits per heavy atom. The molecule has 1 aromatic carbocycles. The summed E-state index contributed by atoms with van der Waals surface area (Å²) in [6.45, 7) is 0. The molecule has 0 aliphatic carbocycles. The van der Waals surface area contributed by atoms with E-state index in [1.54, 1.807) is 0 Å². The Balaban J connectivity index is 2.40. The molecule has 0 amide bonds. The molecule has 0 fully saturated rings. The molecule has 10 heteroatoms. The predicted molar refractivity (Wildman–Crippen MR) is 68.8 cm³/mol. The molecule has 2 rings (SSSR count). The number of nitrogens with two attached hydrogens (primary N) is 1. The zero-order valence-corrected chi connectivity index (χ0v) is 11.6. The Labute approximate surface area is 123 Å². The second kappa shape index (κ2) is 5.43. The van der Waals surface area contributed by atoms with Gasteiger partial charge >= 0.3 is 6.18 Å². The zero-order chi connectivity index (χ0) is 15.8. The number of anilines is 3. The van der Waals surface area contributed by atoms with Crippen molar-refractivity contribution in [2.75, 3.05) is 11.1 Å². The number of nitrogen functional groups attached to an aromatic ring is 1. The molecule has 0 aliphatic heterocycles. The molecule has 0 saturated carbocycles. The Bertz CT molecular complexity index is 689. The van der Waals surface area contributed by atoms with Gasteiger partial charge in [-0.3, -0.25) is 0 Å². The number of halogens is 6. The third-order valence-electron chi connectivity index (χ3n) is 2.31. The van der Waals surface area contributed by atoms with Crippen LogP contribution in [-0.2, 0) is 6.18 Å². The molecule has 21 heavy (non-hydrogen) atoms. The molecular weight excluding hydrogens is 363 g/mol. The van der Waals surface area contributed by atoms with Crippen molar-refractivity contribution < 1.29 is 22.0 Å². The number of rotatable bonds is 2. The molecule has 1 aromatic heterocycles. The minimum atomic E-state index is -4.73. The monoisotopic (exact) mass is 368 g/mol. The molecule has 3 N–H and O–H groups in total. The van der Waals surface area contributed by atoms with Crippen molar-refractivity contribution in [2.24, 2.45) is 0 Å². The third-order valence-corrected chi connectivity index (χ3v) is 2.91. The van der Waals surface area contributed by atoms with Crippen LogP contribution < -0.4 is 11.1 Å². The molecule has 112 valence electrons. The van der Waals surface area contributed by atoms with E-state index in [1.807, 2.05) is 0 Å². The maximum Gasteiger partial charge on any atom is 0.433 e. The number of hydrogen-bond acceptors (Lipinski definition) is 4. The lowest BCUT2D eigenvalue weighted by Gasteiger charge is -2.11. The lowest BCUT2D eigenvalue weighted by Crippen LogP contribution is -2.12. The highest BCUT2D eigenvalue weighted by Crippen LogP contribution is 2.31. The van der Waals surface area contributed by atoms with Crippen LogP contribution in [0.5, 0.6) is 0 Å². The van der Waals surface area contributed by atoms with Crippen LogP contribution in [0.15, 0.2) is 22.7 Å². The maximum atomic E-state index is 13.5. The minimum Gasteiger partial charge on any atom is -0.368 e. The van der Waals surface area contributed by atoms with Gasteiger partial charge in [0.2, 0.25) is 5.95 Å². The molecule has 0 aliphatic rings. The number of alkyl halides is 3. The normalized spacial score (nSPS) is 11.5. The van der Waals surface area contributed by atoms with Crippen LogP contribution in [0.1, 0.15) is 5.69 Å².